The Labute approximate surface area is 97.9 Å². The van der Waals surface area contributed by atoms with E-state index in [0.717, 1.165) is 25.9 Å². The second kappa shape index (κ2) is 12.4. The molecule has 1 amide bonds. The van der Waals surface area contributed by atoms with Crippen molar-refractivity contribution in [1.82, 2.24) is 10.6 Å². The van der Waals surface area contributed by atoms with Gasteiger partial charge in [0, 0.05) is 26.8 Å². The second-order valence-corrected chi connectivity index (χ2v) is 3.50. The number of ether oxygens (including phenoxy) is 2. The smallest absolute Gasteiger partial charge is 0.245 e. The summed E-state index contributed by atoms with van der Waals surface area (Å²) in [6, 6.07) is 0. The Morgan fingerprint density at radius 2 is 2.00 bits per heavy atom. The molecule has 0 atom stereocenters. The first-order valence-electron chi connectivity index (χ1n) is 5.85. The van der Waals surface area contributed by atoms with Gasteiger partial charge in [0.05, 0.1) is 6.61 Å². The fourth-order valence-electron chi connectivity index (χ4n) is 1.11. The van der Waals surface area contributed by atoms with Gasteiger partial charge >= 0.3 is 0 Å². The van der Waals surface area contributed by atoms with Crippen LogP contribution in [0.5, 0.6) is 0 Å². The van der Waals surface area contributed by atoms with E-state index < -0.39 is 0 Å². The lowest BCUT2D eigenvalue weighted by Gasteiger charge is -2.06. The number of amides is 1. The van der Waals surface area contributed by atoms with Gasteiger partial charge in [0.15, 0.2) is 0 Å². The topological polar surface area (TPSA) is 59.6 Å². The van der Waals surface area contributed by atoms with Crippen LogP contribution in [0.25, 0.3) is 0 Å². The molecule has 16 heavy (non-hydrogen) atoms. The van der Waals surface area contributed by atoms with Gasteiger partial charge < -0.3 is 20.1 Å². The molecule has 0 aliphatic carbocycles. The van der Waals surface area contributed by atoms with Crippen molar-refractivity contribution in [2.24, 2.45) is 0 Å². The first-order valence-corrected chi connectivity index (χ1v) is 5.85. The SMILES string of the molecule is CCCNCCOCC(=O)NCCCOC. The number of rotatable bonds is 11. The van der Waals surface area contributed by atoms with Crippen molar-refractivity contribution in [1.29, 1.82) is 0 Å². The predicted octanol–water partition coefficient (Wildman–Crippen LogP) is 0.155. The molecule has 0 heterocycles. The first kappa shape index (κ1) is 15.3. The maximum Gasteiger partial charge on any atom is 0.245 e. The molecular weight excluding hydrogens is 208 g/mol. The molecule has 0 aromatic rings. The Morgan fingerprint density at radius 1 is 1.19 bits per heavy atom. The maximum atomic E-state index is 11.2. The first-order chi connectivity index (χ1) is 7.81. The molecule has 0 bridgehead atoms. The molecule has 0 unspecified atom stereocenters. The van der Waals surface area contributed by atoms with E-state index in [4.69, 9.17) is 9.47 Å². The predicted molar refractivity (Wildman–Crippen MR) is 63.5 cm³/mol. The highest BCUT2D eigenvalue weighted by molar-refractivity contribution is 5.77. The molecular formula is C11H24N2O3. The number of hydrogen-bond donors (Lipinski definition) is 2. The van der Waals surface area contributed by atoms with E-state index in [2.05, 4.69) is 17.6 Å². The van der Waals surface area contributed by atoms with Crippen molar-refractivity contribution in [3.05, 3.63) is 0 Å². The van der Waals surface area contributed by atoms with Crippen LogP contribution in [0.4, 0.5) is 0 Å². The normalized spacial score (nSPS) is 10.4. The van der Waals surface area contributed by atoms with Gasteiger partial charge in [-0.25, -0.2) is 0 Å². The molecule has 0 spiro atoms. The molecule has 0 saturated carbocycles. The van der Waals surface area contributed by atoms with E-state index in [1.165, 1.54) is 0 Å². The Kier molecular flexibility index (Phi) is 11.9. The molecule has 0 saturated heterocycles. The average molecular weight is 232 g/mol. The Balaban J connectivity index is 3.11. The minimum atomic E-state index is -0.0633. The van der Waals surface area contributed by atoms with Crippen molar-refractivity contribution < 1.29 is 14.3 Å². The number of carbonyl (C=O) groups is 1. The summed E-state index contributed by atoms with van der Waals surface area (Å²) in [6.45, 7) is 5.93. The van der Waals surface area contributed by atoms with Crippen molar-refractivity contribution in [2.45, 2.75) is 19.8 Å². The van der Waals surface area contributed by atoms with Gasteiger partial charge in [-0.2, -0.15) is 0 Å². The van der Waals surface area contributed by atoms with E-state index >= 15 is 0 Å². The monoisotopic (exact) mass is 232 g/mol. The van der Waals surface area contributed by atoms with Gasteiger partial charge in [-0.05, 0) is 19.4 Å². The van der Waals surface area contributed by atoms with E-state index in [1.807, 2.05) is 0 Å². The zero-order valence-corrected chi connectivity index (χ0v) is 10.4. The van der Waals surface area contributed by atoms with Gasteiger partial charge in [0.25, 0.3) is 0 Å². The van der Waals surface area contributed by atoms with E-state index in [1.54, 1.807) is 7.11 Å². The van der Waals surface area contributed by atoms with Crippen LogP contribution >= 0.6 is 0 Å². The Hall–Kier alpha value is -0.650. The summed E-state index contributed by atoms with van der Waals surface area (Å²) in [5.41, 5.74) is 0. The van der Waals surface area contributed by atoms with Crippen molar-refractivity contribution in [3.63, 3.8) is 0 Å². The average Bonchev–Trinajstić information content (AvgIpc) is 2.29. The van der Waals surface area contributed by atoms with Crippen LogP contribution in [0.15, 0.2) is 0 Å². The van der Waals surface area contributed by atoms with Crippen molar-refractivity contribution in [3.8, 4) is 0 Å². The van der Waals surface area contributed by atoms with Gasteiger partial charge in [-0.15, -0.1) is 0 Å². The quantitative estimate of drug-likeness (QED) is 0.498. The highest BCUT2D eigenvalue weighted by Crippen LogP contribution is 1.79. The summed E-state index contributed by atoms with van der Waals surface area (Å²) < 4.78 is 10.1. The molecule has 0 aromatic heterocycles. The minimum Gasteiger partial charge on any atom is -0.385 e. The molecule has 0 fully saturated rings. The lowest BCUT2D eigenvalue weighted by Crippen LogP contribution is -2.30. The summed E-state index contributed by atoms with van der Waals surface area (Å²) >= 11 is 0. The van der Waals surface area contributed by atoms with Gasteiger partial charge in [0.2, 0.25) is 5.91 Å². The third-order valence-corrected chi connectivity index (χ3v) is 1.93. The van der Waals surface area contributed by atoms with Crippen LogP contribution < -0.4 is 10.6 Å². The molecule has 96 valence electrons. The van der Waals surface area contributed by atoms with Crippen molar-refractivity contribution in [2.75, 3.05) is 46.6 Å². The van der Waals surface area contributed by atoms with Gasteiger partial charge in [-0.3, -0.25) is 4.79 Å². The fraction of sp³-hybridized carbons (Fsp3) is 0.909. The molecule has 0 rings (SSSR count). The maximum absolute atomic E-state index is 11.2. The van der Waals surface area contributed by atoms with Gasteiger partial charge in [-0.1, -0.05) is 6.92 Å². The minimum absolute atomic E-state index is 0.0633. The third-order valence-electron chi connectivity index (χ3n) is 1.93. The molecule has 0 aromatic carbocycles. The molecule has 0 aliphatic heterocycles. The summed E-state index contributed by atoms with van der Waals surface area (Å²) in [4.78, 5) is 11.2. The number of methoxy groups -OCH3 is 1. The second-order valence-electron chi connectivity index (χ2n) is 3.50. The third kappa shape index (κ3) is 11.4. The summed E-state index contributed by atoms with van der Waals surface area (Å²) in [6.07, 6.45) is 1.94. The molecule has 0 radical (unpaired) electrons. The number of carbonyl (C=O) groups excluding carboxylic acids is 1. The van der Waals surface area contributed by atoms with Gasteiger partial charge in [0.1, 0.15) is 6.61 Å². The zero-order valence-electron chi connectivity index (χ0n) is 10.4. The lowest BCUT2D eigenvalue weighted by molar-refractivity contribution is -0.125. The summed E-state index contributed by atoms with van der Waals surface area (Å²) in [7, 11) is 1.65. The van der Waals surface area contributed by atoms with Crippen LogP contribution in [-0.4, -0.2) is 52.5 Å². The lowest BCUT2D eigenvalue weighted by atomic mass is 10.4. The summed E-state index contributed by atoms with van der Waals surface area (Å²) in [5.74, 6) is -0.0633. The Morgan fingerprint density at radius 3 is 2.69 bits per heavy atom. The number of hydrogen-bond acceptors (Lipinski definition) is 4. The molecule has 0 aliphatic rings. The highest BCUT2D eigenvalue weighted by Gasteiger charge is 1.99. The van der Waals surface area contributed by atoms with Crippen LogP contribution in [-0.2, 0) is 14.3 Å². The van der Waals surface area contributed by atoms with Crippen molar-refractivity contribution >= 4 is 5.91 Å². The van der Waals surface area contributed by atoms with Crippen LogP contribution in [0.2, 0.25) is 0 Å². The molecule has 5 nitrogen and oxygen atoms in total. The van der Waals surface area contributed by atoms with E-state index in [0.29, 0.717) is 19.8 Å². The summed E-state index contributed by atoms with van der Waals surface area (Å²) in [5, 5.41) is 5.95. The van der Waals surface area contributed by atoms with Crippen LogP contribution in [0.1, 0.15) is 19.8 Å². The number of nitrogens with one attached hydrogen (secondary N) is 2. The zero-order chi connectivity index (χ0) is 12.1. The molecule has 5 heteroatoms. The van der Waals surface area contributed by atoms with Crippen LogP contribution in [0.3, 0.4) is 0 Å². The van der Waals surface area contributed by atoms with E-state index in [-0.39, 0.29) is 12.5 Å². The standard InChI is InChI=1S/C11H24N2O3/c1-3-5-12-7-9-16-10-11(14)13-6-4-8-15-2/h12H,3-10H2,1-2H3,(H,13,14). The molecule has 2 N–H and O–H groups in total. The van der Waals surface area contributed by atoms with Crippen LogP contribution in [0, 0.1) is 0 Å². The Bertz CT molecular complexity index is 165. The highest BCUT2D eigenvalue weighted by atomic mass is 16.5. The van der Waals surface area contributed by atoms with E-state index in [9.17, 15) is 4.79 Å². The largest absolute Gasteiger partial charge is 0.385 e. The fourth-order valence-corrected chi connectivity index (χ4v) is 1.11.